The van der Waals surface area contributed by atoms with Crippen molar-refractivity contribution < 1.29 is 13.2 Å². The Kier molecular flexibility index (Phi) is 4.94. The average Bonchev–Trinajstić information content (AvgIpc) is 2.85. The summed E-state index contributed by atoms with van der Waals surface area (Å²) < 4.78 is 24.8. The molecule has 0 unspecified atom stereocenters. The van der Waals surface area contributed by atoms with Gasteiger partial charge in [0.2, 0.25) is 5.91 Å². The normalized spacial score (nSPS) is 25.0. The van der Waals surface area contributed by atoms with Crippen LogP contribution in [0.3, 0.4) is 0 Å². The number of hydrogen-bond acceptors (Lipinski definition) is 4. The molecule has 2 aliphatic rings. The molecule has 3 rings (SSSR count). The van der Waals surface area contributed by atoms with E-state index in [1.54, 1.807) is 4.90 Å². The first-order valence-corrected chi connectivity index (χ1v) is 9.95. The van der Waals surface area contributed by atoms with E-state index in [9.17, 15) is 13.2 Å². The maximum Gasteiger partial charge on any atom is 0.238 e. The zero-order chi connectivity index (χ0) is 16.4. The van der Waals surface area contributed by atoms with E-state index in [2.05, 4.69) is 5.32 Å². The molecule has 2 atom stereocenters. The Morgan fingerprint density at radius 1 is 1.13 bits per heavy atom. The summed E-state index contributed by atoms with van der Waals surface area (Å²) in [6.45, 7) is 3.32. The molecule has 2 saturated heterocycles. The highest BCUT2D eigenvalue weighted by atomic mass is 35.5. The largest absolute Gasteiger partial charge is 0.342 e. The Labute approximate surface area is 141 Å². The Bertz CT molecular complexity index is 661. The highest BCUT2D eigenvalue weighted by Gasteiger charge is 2.32. The van der Waals surface area contributed by atoms with E-state index in [-0.39, 0.29) is 10.8 Å². The van der Waals surface area contributed by atoms with Crippen molar-refractivity contribution in [1.82, 2.24) is 10.2 Å². The minimum Gasteiger partial charge on any atom is -0.342 e. The lowest BCUT2D eigenvalue weighted by molar-refractivity contribution is -0.128. The Hall–Kier alpha value is -1.11. The topological polar surface area (TPSA) is 66.5 Å². The molecule has 2 fully saturated rings. The van der Waals surface area contributed by atoms with Crippen LogP contribution in [0.15, 0.2) is 29.2 Å². The van der Waals surface area contributed by atoms with E-state index in [4.69, 9.17) is 11.6 Å². The second-order valence-corrected chi connectivity index (χ2v) is 8.78. The quantitative estimate of drug-likeness (QED) is 0.892. The fourth-order valence-electron chi connectivity index (χ4n) is 3.45. The Balaban J connectivity index is 1.65. The fourth-order valence-corrected chi connectivity index (χ4v) is 4.80. The molecule has 5 nitrogen and oxygen atoms in total. The molecular weight excluding hydrogens is 336 g/mol. The lowest BCUT2D eigenvalue weighted by Crippen LogP contribution is -2.37. The average molecular weight is 357 g/mol. The zero-order valence-corrected chi connectivity index (χ0v) is 14.4. The number of sulfone groups is 1. The van der Waals surface area contributed by atoms with Crippen LogP contribution >= 0.6 is 11.6 Å². The van der Waals surface area contributed by atoms with Gasteiger partial charge in [-0.3, -0.25) is 4.79 Å². The number of rotatable bonds is 3. The summed E-state index contributed by atoms with van der Waals surface area (Å²) in [5.41, 5.74) is 0. The van der Waals surface area contributed by atoms with Gasteiger partial charge in [0.15, 0.2) is 9.84 Å². The van der Waals surface area contributed by atoms with Crippen molar-refractivity contribution >= 4 is 27.3 Å². The number of carbonyl (C=O) groups excluding carboxylic acids is 1. The molecule has 0 spiro atoms. The van der Waals surface area contributed by atoms with E-state index in [0.29, 0.717) is 29.9 Å². The van der Waals surface area contributed by atoms with Crippen LogP contribution < -0.4 is 5.32 Å². The third kappa shape index (κ3) is 3.87. The third-order valence-electron chi connectivity index (χ3n) is 4.86. The van der Waals surface area contributed by atoms with Crippen LogP contribution in [0.2, 0.25) is 5.02 Å². The molecule has 1 amide bonds. The van der Waals surface area contributed by atoms with Gasteiger partial charge < -0.3 is 10.2 Å². The van der Waals surface area contributed by atoms with Crippen molar-refractivity contribution in [3.05, 3.63) is 29.3 Å². The van der Waals surface area contributed by atoms with E-state index < -0.39 is 15.6 Å². The van der Waals surface area contributed by atoms with Gasteiger partial charge in [0.05, 0.1) is 4.90 Å². The van der Waals surface area contributed by atoms with E-state index in [1.165, 1.54) is 24.3 Å². The molecule has 2 heterocycles. The molecule has 2 aliphatic heterocycles. The molecule has 7 heteroatoms. The van der Waals surface area contributed by atoms with Crippen molar-refractivity contribution in [1.29, 1.82) is 0 Å². The lowest BCUT2D eigenvalue weighted by Gasteiger charge is -2.21. The van der Waals surface area contributed by atoms with Crippen molar-refractivity contribution in [2.45, 2.75) is 17.7 Å². The van der Waals surface area contributed by atoms with Crippen LogP contribution in [0.5, 0.6) is 0 Å². The van der Waals surface area contributed by atoms with Crippen molar-refractivity contribution in [3.8, 4) is 0 Å². The van der Waals surface area contributed by atoms with Gasteiger partial charge in [0.25, 0.3) is 0 Å². The Morgan fingerprint density at radius 3 is 2.26 bits per heavy atom. The Morgan fingerprint density at radius 2 is 1.70 bits per heavy atom. The van der Waals surface area contributed by atoms with Crippen LogP contribution in [-0.4, -0.2) is 51.2 Å². The van der Waals surface area contributed by atoms with Gasteiger partial charge >= 0.3 is 0 Å². The molecule has 0 aliphatic carbocycles. The first-order valence-electron chi connectivity index (χ1n) is 7.92. The standard InChI is InChI=1S/C16H21ClN2O3S/c17-14-1-3-15(4-2-14)23(21,22)11-16(20)19-7-5-12-9-18-10-13(12)6-8-19/h1-4,12-13,18H,5-11H2/t12-,13+. The summed E-state index contributed by atoms with van der Waals surface area (Å²) in [5, 5.41) is 3.87. The van der Waals surface area contributed by atoms with Gasteiger partial charge in [-0.2, -0.15) is 0 Å². The minimum absolute atomic E-state index is 0.145. The number of nitrogens with one attached hydrogen (secondary N) is 1. The van der Waals surface area contributed by atoms with Gasteiger partial charge in [0, 0.05) is 18.1 Å². The molecule has 126 valence electrons. The van der Waals surface area contributed by atoms with Gasteiger partial charge in [-0.25, -0.2) is 8.42 Å². The van der Waals surface area contributed by atoms with Crippen molar-refractivity contribution in [2.75, 3.05) is 31.9 Å². The first kappa shape index (κ1) is 16.7. The molecule has 0 aromatic heterocycles. The fraction of sp³-hybridized carbons (Fsp3) is 0.562. The number of carbonyl (C=O) groups is 1. The van der Waals surface area contributed by atoms with E-state index in [1.807, 2.05) is 0 Å². The summed E-state index contributed by atoms with van der Waals surface area (Å²) in [5.74, 6) is 0.455. The third-order valence-corrected chi connectivity index (χ3v) is 6.73. The molecule has 0 radical (unpaired) electrons. The monoisotopic (exact) mass is 356 g/mol. The van der Waals surface area contributed by atoms with Crippen LogP contribution in [-0.2, 0) is 14.6 Å². The summed E-state index contributed by atoms with van der Waals surface area (Å²) >= 11 is 5.78. The molecule has 0 bridgehead atoms. The first-order chi connectivity index (χ1) is 11.0. The van der Waals surface area contributed by atoms with Crippen molar-refractivity contribution in [3.63, 3.8) is 0 Å². The van der Waals surface area contributed by atoms with Crippen LogP contribution in [0.4, 0.5) is 0 Å². The number of amides is 1. The summed E-state index contributed by atoms with van der Waals surface area (Å²) in [6, 6.07) is 5.95. The SMILES string of the molecule is O=C(CS(=O)(=O)c1ccc(Cl)cc1)N1CC[C@@H]2CNC[C@@H]2CC1. The smallest absolute Gasteiger partial charge is 0.238 e. The second kappa shape index (κ2) is 6.79. The lowest BCUT2D eigenvalue weighted by atomic mass is 9.92. The predicted molar refractivity (Wildman–Crippen MR) is 89.2 cm³/mol. The van der Waals surface area contributed by atoms with Gasteiger partial charge in [-0.1, -0.05) is 11.6 Å². The maximum absolute atomic E-state index is 12.4. The van der Waals surface area contributed by atoms with Crippen LogP contribution in [0, 0.1) is 11.8 Å². The molecule has 1 aromatic rings. The summed E-state index contributed by atoms with van der Waals surface area (Å²) in [7, 11) is -3.62. The molecular formula is C16H21ClN2O3S. The van der Waals surface area contributed by atoms with Gasteiger partial charge in [-0.05, 0) is 62.0 Å². The summed E-state index contributed by atoms with van der Waals surface area (Å²) in [6.07, 6.45) is 1.90. The minimum atomic E-state index is -3.62. The number of halogens is 1. The van der Waals surface area contributed by atoms with Crippen LogP contribution in [0.25, 0.3) is 0 Å². The number of fused-ring (bicyclic) bond motifs is 1. The van der Waals surface area contributed by atoms with Gasteiger partial charge in [0.1, 0.15) is 5.75 Å². The van der Waals surface area contributed by atoms with Gasteiger partial charge in [-0.15, -0.1) is 0 Å². The second-order valence-electron chi connectivity index (χ2n) is 6.35. The number of nitrogens with zero attached hydrogens (tertiary/aromatic N) is 1. The maximum atomic E-state index is 12.4. The molecule has 23 heavy (non-hydrogen) atoms. The number of hydrogen-bond donors (Lipinski definition) is 1. The van der Waals surface area contributed by atoms with E-state index >= 15 is 0 Å². The predicted octanol–water partition coefficient (Wildman–Crippen LogP) is 1.57. The number of benzene rings is 1. The number of likely N-dealkylation sites (tertiary alicyclic amines) is 1. The highest BCUT2D eigenvalue weighted by molar-refractivity contribution is 7.92. The van der Waals surface area contributed by atoms with E-state index in [0.717, 1.165) is 25.9 Å². The zero-order valence-electron chi connectivity index (χ0n) is 12.9. The van der Waals surface area contributed by atoms with Crippen LogP contribution in [0.1, 0.15) is 12.8 Å². The molecule has 1 aromatic carbocycles. The highest BCUT2D eigenvalue weighted by Crippen LogP contribution is 2.27. The van der Waals surface area contributed by atoms with Crippen molar-refractivity contribution in [2.24, 2.45) is 11.8 Å². The summed E-state index contributed by atoms with van der Waals surface area (Å²) in [4.78, 5) is 14.3. The molecule has 0 saturated carbocycles. The molecule has 1 N–H and O–H groups in total.